The SMILES string of the molecule is O=C(Nc1nc2cc(F)c(F)cc2s1)[C@H]1CCCN(c2ncccn2)C1. The molecule has 1 N–H and O–H groups in total. The van der Waals surface area contributed by atoms with E-state index >= 15 is 0 Å². The zero-order valence-electron chi connectivity index (χ0n) is 13.7. The second-order valence-corrected chi connectivity index (χ2v) is 7.11. The van der Waals surface area contributed by atoms with Crippen LogP contribution < -0.4 is 10.2 Å². The molecule has 134 valence electrons. The second-order valence-electron chi connectivity index (χ2n) is 6.08. The van der Waals surface area contributed by atoms with Gasteiger partial charge in [-0.2, -0.15) is 0 Å². The number of thiazole rings is 1. The number of anilines is 2. The first kappa shape index (κ1) is 16.8. The van der Waals surface area contributed by atoms with E-state index in [4.69, 9.17) is 0 Å². The standard InChI is InChI=1S/C17H15F2N5OS/c18-11-7-13-14(8-12(11)19)26-17(22-13)23-15(25)10-3-1-6-24(9-10)16-20-4-2-5-21-16/h2,4-5,7-8,10H,1,3,6,9H2,(H,22,23,25)/t10-/m0/s1. The summed E-state index contributed by atoms with van der Waals surface area (Å²) in [4.78, 5) is 27.2. The van der Waals surface area contributed by atoms with Crippen molar-refractivity contribution in [3.63, 3.8) is 0 Å². The summed E-state index contributed by atoms with van der Waals surface area (Å²) in [5.74, 6) is -1.66. The van der Waals surface area contributed by atoms with Gasteiger partial charge in [0.05, 0.1) is 16.1 Å². The first-order valence-corrected chi connectivity index (χ1v) is 9.00. The molecule has 0 unspecified atom stereocenters. The van der Waals surface area contributed by atoms with Crippen molar-refractivity contribution in [1.82, 2.24) is 15.0 Å². The highest BCUT2D eigenvalue weighted by Crippen LogP contribution is 2.29. The van der Waals surface area contributed by atoms with Crippen molar-refractivity contribution in [3.05, 3.63) is 42.2 Å². The average molecular weight is 375 g/mol. The molecule has 6 nitrogen and oxygen atoms in total. The molecule has 1 aliphatic rings. The van der Waals surface area contributed by atoms with Crippen LogP contribution >= 0.6 is 11.3 Å². The van der Waals surface area contributed by atoms with Gasteiger partial charge in [-0.05, 0) is 25.0 Å². The highest BCUT2D eigenvalue weighted by atomic mass is 32.1. The molecule has 0 spiro atoms. The minimum atomic E-state index is -0.952. The maximum atomic E-state index is 13.3. The molecule has 1 amide bonds. The molecule has 0 aliphatic carbocycles. The largest absolute Gasteiger partial charge is 0.340 e. The van der Waals surface area contributed by atoms with Gasteiger partial charge < -0.3 is 10.2 Å². The van der Waals surface area contributed by atoms with E-state index in [2.05, 4.69) is 20.3 Å². The molecule has 0 radical (unpaired) electrons. The number of piperidine rings is 1. The summed E-state index contributed by atoms with van der Waals surface area (Å²) in [7, 11) is 0. The number of fused-ring (bicyclic) bond motifs is 1. The summed E-state index contributed by atoms with van der Waals surface area (Å²) in [6.45, 7) is 1.32. The quantitative estimate of drug-likeness (QED) is 0.761. The molecule has 0 bridgehead atoms. The lowest BCUT2D eigenvalue weighted by molar-refractivity contribution is -0.120. The molecule has 1 saturated heterocycles. The Balaban J connectivity index is 1.47. The van der Waals surface area contributed by atoms with Crippen molar-refractivity contribution < 1.29 is 13.6 Å². The second kappa shape index (κ2) is 6.91. The summed E-state index contributed by atoms with van der Waals surface area (Å²) in [5.41, 5.74) is 0.326. The van der Waals surface area contributed by atoms with Crippen LogP contribution in [-0.4, -0.2) is 33.9 Å². The lowest BCUT2D eigenvalue weighted by Crippen LogP contribution is -2.41. The van der Waals surface area contributed by atoms with E-state index in [1.807, 2.05) is 4.90 Å². The molecule has 26 heavy (non-hydrogen) atoms. The van der Waals surface area contributed by atoms with E-state index < -0.39 is 11.6 Å². The number of amides is 1. The number of nitrogens with zero attached hydrogens (tertiary/aromatic N) is 4. The van der Waals surface area contributed by atoms with Crippen molar-refractivity contribution in [2.75, 3.05) is 23.3 Å². The third-order valence-corrected chi connectivity index (χ3v) is 5.22. The minimum absolute atomic E-state index is 0.161. The van der Waals surface area contributed by atoms with Gasteiger partial charge in [0.2, 0.25) is 11.9 Å². The van der Waals surface area contributed by atoms with Gasteiger partial charge >= 0.3 is 0 Å². The number of carbonyl (C=O) groups excluding carboxylic acids is 1. The molecule has 1 fully saturated rings. The van der Waals surface area contributed by atoms with Crippen molar-refractivity contribution in [1.29, 1.82) is 0 Å². The number of hydrogen-bond acceptors (Lipinski definition) is 6. The van der Waals surface area contributed by atoms with Crippen LogP contribution in [0.25, 0.3) is 10.2 Å². The summed E-state index contributed by atoms with van der Waals surface area (Å²) in [6, 6.07) is 3.87. The van der Waals surface area contributed by atoms with Gasteiger partial charge in [-0.3, -0.25) is 4.79 Å². The van der Waals surface area contributed by atoms with Crippen LogP contribution in [0.5, 0.6) is 0 Å². The fourth-order valence-corrected chi connectivity index (χ4v) is 3.89. The zero-order valence-corrected chi connectivity index (χ0v) is 14.5. The number of benzene rings is 1. The summed E-state index contributed by atoms with van der Waals surface area (Å²) in [6.07, 6.45) is 4.95. The number of halogens is 2. The highest BCUT2D eigenvalue weighted by molar-refractivity contribution is 7.22. The Kier molecular flexibility index (Phi) is 4.46. The van der Waals surface area contributed by atoms with Crippen LogP contribution in [0.4, 0.5) is 19.9 Å². The summed E-state index contributed by atoms with van der Waals surface area (Å²) in [5, 5.41) is 3.10. The smallest absolute Gasteiger partial charge is 0.231 e. The van der Waals surface area contributed by atoms with Gasteiger partial charge in [-0.1, -0.05) is 11.3 Å². The van der Waals surface area contributed by atoms with Crippen molar-refractivity contribution in [2.45, 2.75) is 12.8 Å². The average Bonchev–Trinajstić information content (AvgIpc) is 3.04. The van der Waals surface area contributed by atoms with Crippen LogP contribution in [-0.2, 0) is 4.79 Å². The van der Waals surface area contributed by atoms with Gasteiger partial charge in [0.25, 0.3) is 0 Å². The van der Waals surface area contributed by atoms with E-state index in [1.165, 1.54) is 0 Å². The fourth-order valence-electron chi connectivity index (χ4n) is 3.01. The van der Waals surface area contributed by atoms with E-state index in [-0.39, 0.29) is 11.8 Å². The van der Waals surface area contributed by atoms with Gasteiger partial charge in [0.15, 0.2) is 16.8 Å². The van der Waals surface area contributed by atoms with E-state index in [0.717, 1.165) is 42.9 Å². The Morgan fingerprint density at radius 3 is 2.81 bits per heavy atom. The van der Waals surface area contributed by atoms with Gasteiger partial charge in [-0.25, -0.2) is 23.7 Å². The van der Waals surface area contributed by atoms with Crippen molar-refractivity contribution in [2.24, 2.45) is 5.92 Å². The van der Waals surface area contributed by atoms with E-state index in [0.29, 0.717) is 27.8 Å². The minimum Gasteiger partial charge on any atom is -0.340 e. The van der Waals surface area contributed by atoms with Crippen LogP contribution in [0.2, 0.25) is 0 Å². The predicted octanol–water partition coefficient (Wildman–Crippen LogP) is 3.22. The summed E-state index contributed by atoms with van der Waals surface area (Å²) < 4.78 is 27.1. The summed E-state index contributed by atoms with van der Waals surface area (Å²) >= 11 is 1.12. The molecule has 3 aromatic rings. The molecular weight excluding hydrogens is 360 g/mol. The van der Waals surface area contributed by atoms with Gasteiger partial charge in [0, 0.05) is 31.5 Å². The molecule has 9 heteroatoms. The first-order chi connectivity index (χ1) is 12.6. The van der Waals surface area contributed by atoms with Gasteiger partial charge in [0.1, 0.15) is 0 Å². The monoisotopic (exact) mass is 375 g/mol. The molecule has 1 aromatic carbocycles. The Hall–Kier alpha value is -2.68. The topological polar surface area (TPSA) is 71.0 Å². The predicted molar refractivity (Wildman–Crippen MR) is 95.1 cm³/mol. The van der Waals surface area contributed by atoms with Crippen LogP contribution in [0.1, 0.15) is 12.8 Å². The number of nitrogens with one attached hydrogen (secondary N) is 1. The number of carbonyl (C=O) groups is 1. The van der Waals surface area contributed by atoms with E-state index in [9.17, 15) is 13.6 Å². The van der Waals surface area contributed by atoms with Crippen molar-refractivity contribution in [3.8, 4) is 0 Å². The molecular formula is C17H15F2N5OS. The molecule has 1 atom stereocenters. The number of hydrogen-bond donors (Lipinski definition) is 1. The number of aromatic nitrogens is 3. The lowest BCUT2D eigenvalue weighted by Gasteiger charge is -2.31. The van der Waals surface area contributed by atoms with Crippen molar-refractivity contribution >= 4 is 38.5 Å². The van der Waals surface area contributed by atoms with E-state index in [1.54, 1.807) is 18.5 Å². The Bertz CT molecular complexity index is 910. The molecule has 2 aromatic heterocycles. The first-order valence-electron chi connectivity index (χ1n) is 8.18. The maximum Gasteiger partial charge on any atom is 0.231 e. The lowest BCUT2D eigenvalue weighted by atomic mass is 9.97. The zero-order chi connectivity index (χ0) is 18.1. The van der Waals surface area contributed by atoms with Crippen LogP contribution in [0.3, 0.4) is 0 Å². The molecule has 4 rings (SSSR count). The normalized spacial score (nSPS) is 17.5. The Morgan fingerprint density at radius 2 is 2.00 bits per heavy atom. The van der Waals surface area contributed by atoms with Gasteiger partial charge in [-0.15, -0.1) is 0 Å². The maximum absolute atomic E-state index is 13.3. The third-order valence-electron chi connectivity index (χ3n) is 4.29. The van der Waals surface area contributed by atoms with Crippen LogP contribution in [0.15, 0.2) is 30.6 Å². The third kappa shape index (κ3) is 3.34. The fraction of sp³-hybridized carbons (Fsp3) is 0.294. The molecule has 0 saturated carbocycles. The molecule has 3 heterocycles. The highest BCUT2D eigenvalue weighted by Gasteiger charge is 2.27. The Morgan fingerprint density at radius 1 is 1.23 bits per heavy atom. The Labute approximate surface area is 151 Å². The molecule has 1 aliphatic heterocycles. The van der Waals surface area contributed by atoms with Crippen LogP contribution in [0, 0.1) is 17.6 Å². The number of rotatable bonds is 3.